The highest BCUT2D eigenvalue weighted by molar-refractivity contribution is 6.64. The molecular weight excluding hydrogens is 208 g/mol. The molecule has 1 aromatic rings. The van der Waals surface area contributed by atoms with Gasteiger partial charge >= 0.3 is 11.8 Å². The van der Waals surface area contributed by atoms with E-state index in [2.05, 4.69) is 4.74 Å². The lowest BCUT2D eigenvalue weighted by Gasteiger charge is -1.93. The highest BCUT2D eigenvalue weighted by Gasteiger charge is 2.20. The van der Waals surface area contributed by atoms with Crippen molar-refractivity contribution in [1.29, 1.82) is 0 Å². The lowest BCUT2D eigenvalue weighted by molar-refractivity contribution is -0.154. The first kappa shape index (κ1) is 11.8. The fraction of sp³-hybridized carbons (Fsp3) is 0.0833. The second-order valence-corrected chi connectivity index (χ2v) is 2.93. The number of hydrogen-bond donors (Lipinski definition) is 0. The molecule has 1 aromatic carbocycles. The van der Waals surface area contributed by atoms with E-state index in [4.69, 9.17) is 0 Å². The Morgan fingerprint density at radius 1 is 1.12 bits per heavy atom. The summed E-state index contributed by atoms with van der Waals surface area (Å²) in [5, 5.41) is 0. The number of rotatable bonds is 4. The summed E-state index contributed by atoms with van der Waals surface area (Å²) in [5.74, 6) is -3.21. The van der Waals surface area contributed by atoms with Crippen molar-refractivity contribution in [2.24, 2.45) is 0 Å². The summed E-state index contributed by atoms with van der Waals surface area (Å²) >= 11 is 0. The second-order valence-electron chi connectivity index (χ2n) is 2.93. The van der Waals surface area contributed by atoms with Gasteiger partial charge < -0.3 is 4.74 Å². The third-order valence-corrected chi connectivity index (χ3v) is 1.82. The summed E-state index contributed by atoms with van der Waals surface area (Å²) in [6.45, 7) is 0. The molecule has 0 amide bonds. The van der Waals surface area contributed by atoms with E-state index in [1.165, 1.54) is 6.08 Å². The molecule has 0 aromatic heterocycles. The van der Waals surface area contributed by atoms with Crippen molar-refractivity contribution < 1.29 is 19.1 Å². The molecule has 0 fully saturated rings. The van der Waals surface area contributed by atoms with Crippen molar-refractivity contribution in [1.82, 2.24) is 0 Å². The molecule has 4 nitrogen and oxygen atoms in total. The number of ether oxygens (including phenoxy) is 1. The van der Waals surface area contributed by atoms with Gasteiger partial charge in [-0.15, -0.1) is 0 Å². The zero-order chi connectivity index (χ0) is 12.0. The molecule has 1 rings (SSSR count). The zero-order valence-electron chi connectivity index (χ0n) is 8.67. The average molecular weight is 218 g/mol. The van der Waals surface area contributed by atoms with Gasteiger partial charge in [-0.25, -0.2) is 4.79 Å². The van der Waals surface area contributed by atoms with Gasteiger partial charge in [0.25, 0.3) is 0 Å². The maximum Gasteiger partial charge on any atom is 0.382 e. The van der Waals surface area contributed by atoms with Gasteiger partial charge in [-0.3, -0.25) is 9.59 Å². The summed E-state index contributed by atoms with van der Waals surface area (Å²) < 4.78 is 4.14. The number of carbonyl (C=O) groups is 3. The number of Topliss-reactive ketones (excluding diaryl/α,β-unsaturated/α-hetero) is 1. The summed E-state index contributed by atoms with van der Waals surface area (Å²) in [5.41, 5.74) is 0.772. The monoisotopic (exact) mass is 218 g/mol. The highest BCUT2D eigenvalue weighted by Crippen LogP contribution is 2.01. The van der Waals surface area contributed by atoms with Crippen molar-refractivity contribution in [3.8, 4) is 0 Å². The molecule has 0 saturated carbocycles. The largest absolute Gasteiger partial charge is 0.463 e. The number of ketones is 2. The Kier molecular flexibility index (Phi) is 4.15. The summed E-state index contributed by atoms with van der Waals surface area (Å²) in [4.78, 5) is 32.9. The van der Waals surface area contributed by atoms with Crippen LogP contribution in [-0.4, -0.2) is 24.6 Å². The van der Waals surface area contributed by atoms with Crippen LogP contribution in [0.2, 0.25) is 0 Å². The van der Waals surface area contributed by atoms with Gasteiger partial charge in [0.05, 0.1) is 7.11 Å². The first-order chi connectivity index (χ1) is 7.65. The fourth-order valence-corrected chi connectivity index (χ4v) is 1.01. The first-order valence-corrected chi connectivity index (χ1v) is 4.55. The Morgan fingerprint density at radius 3 is 2.31 bits per heavy atom. The minimum absolute atomic E-state index is 0.772. The van der Waals surface area contributed by atoms with Crippen LogP contribution in [-0.2, 0) is 19.1 Å². The molecule has 4 heteroatoms. The van der Waals surface area contributed by atoms with E-state index in [9.17, 15) is 14.4 Å². The summed E-state index contributed by atoms with van der Waals surface area (Å²) in [6.07, 6.45) is 2.51. The quantitative estimate of drug-likeness (QED) is 0.327. The van der Waals surface area contributed by atoms with Gasteiger partial charge in [-0.05, 0) is 11.6 Å². The summed E-state index contributed by atoms with van der Waals surface area (Å²) in [7, 11) is 1.05. The van der Waals surface area contributed by atoms with Gasteiger partial charge in [0.1, 0.15) is 0 Å². The van der Waals surface area contributed by atoms with E-state index in [0.29, 0.717) is 0 Å². The molecular formula is C12H10O4. The van der Waals surface area contributed by atoms with Crippen LogP contribution in [0.15, 0.2) is 36.4 Å². The van der Waals surface area contributed by atoms with Crippen LogP contribution in [0.25, 0.3) is 6.08 Å². The number of hydrogen-bond acceptors (Lipinski definition) is 4. The Morgan fingerprint density at radius 2 is 1.75 bits per heavy atom. The molecule has 0 N–H and O–H groups in total. The van der Waals surface area contributed by atoms with Crippen LogP contribution in [0.4, 0.5) is 0 Å². The molecule has 16 heavy (non-hydrogen) atoms. The minimum Gasteiger partial charge on any atom is -0.463 e. The maximum absolute atomic E-state index is 11.2. The Balaban J connectivity index is 2.69. The molecule has 82 valence electrons. The first-order valence-electron chi connectivity index (χ1n) is 4.55. The Bertz CT molecular complexity index is 432. The standard InChI is InChI=1S/C12H10O4/c1-16-12(15)11(14)10(13)8-7-9-5-3-2-4-6-9/h2-8H,1H3/b8-7+. The van der Waals surface area contributed by atoms with E-state index in [-0.39, 0.29) is 0 Å². The normalized spacial score (nSPS) is 10.1. The van der Waals surface area contributed by atoms with E-state index in [1.807, 2.05) is 6.07 Å². The molecule has 0 aliphatic carbocycles. The van der Waals surface area contributed by atoms with E-state index in [0.717, 1.165) is 18.7 Å². The summed E-state index contributed by atoms with van der Waals surface area (Å²) in [6, 6.07) is 8.97. The van der Waals surface area contributed by atoms with Gasteiger partial charge in [-0.2, -0.15) is 0 Å². The SMILES string of the molecule is COC(=O)C(=O)C(=O)/C=C/c1ccccc1. The number of methoxy groups -OCH3 is 1. The zero-order valence-corrected chi connectivity index (χ0v) is 8.67. The van der Waals surface area contributed by atoms with Crippen molar-refractivity contribution in [3.63, 3.8) is 0 Å². The average Bonchev–Trinajstić information content (AvgIpc) is 2.35. The van der Waals surface area contributed by atoms with Crippen molar-refractivity contribution in [2.75, 3.05) is 7.11 Å². The van der Waals surface area contributed by atoms with Crippen molar-refractivity contribution in [2.45, 2.75) is 0 Å². The van der Waals surface area contributed by atoms with Gasteiger partial charge in [0, 0.05) is 0 Å². The molecule has 0 saturated heterocycles. The second kappa shape index (κ2) is 5.60. The third kappa shape index (κ3) is 3.16. The van der Waals surface area contributed by atoms with Crippen LogP contribution in [0.1, 0.15) is 5.56 Å². The fourth-order valence-electron chi connectivity index (χ4n) is 1.01. The molecule has 0 radical (unpaired) electrons. The number of esters is 1. The van der Waals surface area contributed by atoms with E-state index in [1.54, 1.807) is 24.3 Å². The Hall–Kier alpha value is -2.23. The molecule has 0 aliphatic heterocycles. The predicted molar refractivity (Wildman–Crippen MR) is 57.5 cm³/mol. The highest BCUT2D eigenvalue weighted by atomic mass is 16.5. The number of benzene rings is 1. The van der Waals surface area contributed by atoms with Gasteiger partial charge in [0.15, 0.2) is 0 Å². The molecule has 0 bridgehead atoms. The molecule has 0 heterocycles. The van der Waals surface area contributed by atoms with E-state index < -0.39 is 17.5 Å². The molecule has 0 spiro atoms. The van der Waals surface area contributed by atoms with Gasteiger partial charge in [0.2, 0.25) is 5.78 Å². The van der Waals surface area contributed by atoms with Crippen molar-refractivity contribution >= 4 is 23.6 Å². The van der Waals surface area contributed by atoms with Crippen LogP contribution in [0, 0.1) is 0 Å². The lowest BCUT2D eigenvalue weighted by Crippen LogP contribution is -2.23. The minimum atomic E-state index is -1.17. The smallest absolute Gasteiger partial charge is 0.382 e. The van der Waals surface area contributed by atoms with Crippen LogP contribution in [0.5, 0.6) is 0 Å². The predicted octanol–water partition coefficient (Wildman–Crippen LogP) is 1.01. The van der Waals surface area contributed by atoms with Crippen LogP contribution >= 0.6 is 0 Å². The molecule has 0 aliphatic rings. The van der Waals surface area contributed by atoms with E-state index >= 15 is 0 Å². The van der Waals surface area contributed by atoms with Crippen molar-refractivity contribution in [3.05, 3.63) is 42.0 Å². The lowest BCUT2D eigenvalue weighted by atomic mass is 10.1. The Labute approximate surface area is 92.5 Å². The molecule has 0 atom stereocenters. The maximum atomic E-state index is 11.2. The third-order valence-electron chi connectivity index (χ3n) is 1.82. The number of allylic oxidation sites excluding steroid dienone is 1. The van der Waals surface area contributed by atoms with Crippen LogP contribution in [0.3, 0.4) is 0 Å². The van der Waals surface area contributed by atoms with Crippen LogP contribution < -0.4 is 0 Å². The number of carbonyl (C=O) groups excluding carboxylic acids is 3. The topological polar surface area (TPSA) is 60.4 Å². The van der Waals surface area contributed by atoms with Gasteiger partial charge in [-0.1, -0.05) is 36.4 Å². The molecule has 0 unspecified atom stereocenters.